The van der Waals surface area contributed by atoms with E-state index in [9.17, 15) is 9.59 Å². The summed E-state index contributed by atoms with van der Waals surface area (Å²) in [6, 6.07) is 0. The number of likely N-dealkylation sites (tertiary alicyclic amines) is 2. The van der Waals surface area contributed by atoms with E-state index in [1.807, 2.05) is 23.6 Å². The van der Waals surface area contributed by atoms with Crippen molar-refractivity contribution in [1.29, 1.82) is 0 Å². The van der Waals surface area contributed by atoms with Gasteiger partial charge in [-0.05, 0) is 26.7 Å². The molecule has 2 atom stereocenters. The first-order chi connectivity index (χ1) is 12.4. The summed E-state index contributed by atoms with van der Waals surface area (Å²) in [5, 5.41) is 6.49. The maximum Gasteiger partial charge on any atom is 0.223 e. The van der Waals surface area contributed by atoms with Crippen LogP contribution in [0.4, 0.5) is 0 Å². The lowest BCUT2D eigenvalue weighted by atomic mass is 10.4. The molecule has 0 spiro atoms. The minimum atomic E-state index is 0.0634. The number of carbonyl (C=O) groups is 2. The van der Waals surface area contributed by atoms with Crippen LogP contribution in [-0.4, -0.2) is 67.2 Å². The normalized spacial score (nSPS) is 19.6. The minimum Gasteiger partial charge on any atom is -0.369 e. The van der Waals surface area contributed by atoms with Crippen LogP contribution in [0.2, 0.25) is 0 Å². The minimum absolute atomic E-state index is 0.0634. The highest BCUT2D eigenvalue weighted by atomic mass is 32.2. The zero-order valence-electron chi connectivity index (χ0n) is 15.2. The molecule has 2 fully saturated rings. The zero-order chi connectivity index (χ0) is 19.1. The maximum atomic E-state index is 11.7. The Morgan fingerprint density at radius 1 is 0.923 bits per heavy atom. The van der Waals surface area contributed by atoms with Crippen LogP contribution in [-0.2, 0) is 9.59 Å². The second-order valence-corrected chi connectivity index (χ2v) is 10.2. The van der Waals surface area contributed by atoms with Crippen molar-refractivity contribution in [3.05, 3.63) is 0 Å². The van der Waals surface area contributed by atoms with Gasteiger partial charge in [0.15, 0.2) is 0 Å². The molecule has 2 N–H and O–H groups in total. The highest BCUT2D eigenvalue weighted by Gasteiger charge is 2.27. The van der Waals surface area contributed by atoms with E-state index >= 15 is 0 Å². The predicted molar refractivity (Wildman–Crippen MR) is 117 cm³/mol. The molecule has 2 unspecified atom stereocenters. The summed E-state index contributed by atoms with van der Waals surface area (Å²) in [5.74, 6) is 0.421. The molecule has 146 valence electrons. The number of rotatable bonds is 7. The molecule has 2 aliphatic rings. The highest BCUT2D eigenvalue weighted by Crippen LogP contribution is 2.23. The van der Waals surface area contributed by atoms with Crippen LogP contribution in [0.1, 0.15) is 39.5 Å². The number of hydrogen-bond donors (Lipinski definition) is 2. The Kier molecular flexibility index (Phi) is 8.92. The van der Waals surface area contributed by atoms with Crippen LogP contribution in [0.5, 0.6) is 0 Å². The molecule has 0 bridgehead atoms. The van der Waals surface area contributed by atoms with Gasteiger partial charge >= 0.3 is 0 Å². The fourth-order valence-corrected chi connectivity index (χ4v) is 5.69. The van der Waals surface area contributed by atoms with E-state index in [0.29, 0.717) is 34.6 Å². The van der Waals surface area contributed by atoms with Gasteiger partial charge in [0.05, 0.1) is 10.7 Å². The van der Waals surface area contributed by atoms with Crippen LogP contribution in [0.15, 0.2) is 0 Å². The molecule has 0 aromatic carbocycles. The lowest BCUT2D eigenvalue weighted by Gasteiger charge is -2.24. The largest absolute Gasteiger partial charge is 0.369 e. The van der Waals surface area contributed by atoms with Gasteiger partial charge in [-0.15, -0.1) is 0 Å². The fraction of sp³-hybridized carbons (Fsp3) is 0.750. The number of nitrogens with zero attached hydrogens (tertiary/aromatic N) is 2. The molecule has 2 amide bonds. The first-order valence-corrected chi connectivity index (χ1v) is 11.4. The van der Waals surface area contributed by atoms with Crippen molar-refractivity contribution in [3.63, 3.8) is 0 Å². The van der Waals surface area contributed by atoms with Gasteiger partial charge in [-0.25, -0.2) is 0 Å². The summed E-state index contributed by atoms with van der Waals surface area (Å²) in [7, 11) is 0. The Balaban J connectivity index is 1.57. The van der Waals surface area contributed by atoms with Crippen LogP contribution < -0.4 is 10.6 Å². The molecule has 0 aromatic heterocycles. The predicted octanol–water partition coefficient (Wildman–Crippen LogP) is 2.14. The molecule has 10 heteroatoms. The summed E-state index contributed by atoms with van der Waals surface area (Å²) in [6.07, 6.45) is 3.16. The second kappa shape index (κ2) is 10.7. The van der Waals surface area contributed by atoms with Gasteiger partial charge in [-0.2, -0.15) is 0 Å². The number of carbonyl (C=O) groups excluding carboxylic acids is 2. The summed E-state index contributed by atoms with van der Waals surface area (Å²) in [5.41, 5.74) is 0. The third kappa shape index (κ3) is 6.54. The number of hydrogen-bond acceptors (Lipinski definition) is 6. The molecule has 0 saturated carbocycles. The topological polar surface area (TPSA) is 64.7 Å². The monoisotopic (exact) mass is 434 g/mol. The summed E-state index contributed by atoms with van der Waals surface area (Å²) in [6.45, 7) is 6.97. The first kappa shape index (κ1) is 21.7. The van der Waals surface area contributed by atoms with Crippen LogP contribution in [0, 0.1) is 0 Å². The van der Waals surface area contributed by atoms with Gasteiger partial charge in [-0.1, -0.05) is 48.0 Å². The van der Waals surface area contributed by atoms with Crippen molar-refractivity contribution in [3.8, 4) is 0 Å². The van der Waals surface area contributed by atoms with E-state index in [-0.39, 0.29) is 22.6 Å². The van der Waals surface area contributed by atoms with Crippen molar-refractivity contribution in [2.24, 2.45) is 0 Å². The summed E-state index contributed by atoms with van der Waals surface area (Å²) >= 11 is 13.7. The number of amides is 2. The van der Waals surface area contributed by atoms with Gasteiger partial charge in [0.1, 0.15) is 8.64 Å². The van der Waals surface area contributed by atoms with Crippen molar-refractivity contribution in [1.82, 2.24) is 20.4 Å². The van der Waals surface area contributed by atoms with E-state index in [1.165, 1.54) is 23.5 Å². The fourth-order valence-electron chi connectivity index (χ4n) is 2.96. The molecule has 2 heterocycles. The molecule has 2 saturated heterocycles. The third-order valence-corrected chi connectivity index (χ3v) is 7.09. The van der Waals surface area contributed by atoms with Gasteiger partial charge < -0.3 is 20.4 Å². The van der Waals surface area contributed by atoms with Crippen LogP contribution >= 0.6 is 48.0 Å². The zero-order valence-corrected chi connectivity index (χ0v) is 18.4. The molecule has 2 aliphatic heterocycles. The highest BCUT2D eigenvalue weighted by molar-refractivity contribution is 8.23. The average molecular weight is 435 g/mol. The molecular weight excluding hydrogens is 408 g/mol. The van der Waals surface area contributed by atoms with E-state index in [1.54, 1.807) is 0 Å². The lowest BCUT2D eigenvalue weighted by molar-refractivity contribution is -0.128. The molecule has 6 nitrogen and oxygen atoms in total. The number of thiocarbonyl (C=S) groups is 2. The van der Waals surface area contributed by atoms with E-state index < -0.39 is 0 Å². The van der Waals surface area contributed by atoms with Crippen molar-refractivity contribution < 1.29 is 9.59 Å². The van der Waals surface area contributed by atoms with E-state index in [2.05, 4.69) is 10.6 Å². The molecule has 0 aliphatic carbocycles. The number of nitrogens with one attached hydrogen (secondary N) is 2. The molecule has 2 rings (SSSR count). The van der Waals surface area contributed by atoms with Gasteiger partial charge in [0.25, 0.3) is 0 Å². The summed E-state index contributed by atoms with van der Waals surface area (Å²) in [4.78, 5) is 27.2. The Labute approximate surface area is 174 Å². The van der Waals surface area contributed by atoms with Gasteiger partial charge in [0, 0.05) is 39.0 Å². The smallest absolute Gasteiger partial charge is 0.223 e. The van der Waals surface area contributed by atoms with E-state index in [0.717, 1.165) is 25.9 Å². The third-order valence-electron chi connectivity index (χ3n) is 4.32. The van der Waals surface area contributed by atoms with Crippen LogP contribution in [0.25, 0.3) is 0 Å². The number of thioether (sulfide) groups is 2. The Hall–Kier alpha value is -0.580. The molecule has 0 aromatic rings. The maximum absolute atomic E-state index is 11.7. The summed E-state index contributed by atoms with van der Waals surface area (Å²) < 4.78 is 1.38. The van der Waals surface area contributed by atoms with Crippen molar-refractivity contribution in [2.45, 2.75) is 50.3 Å². The first-order valence-electron chi connectivity index (χ1n) is 8.86. The molecule has 0 radical (unpaired) electrons. The standard InChI is InChI=1S/C16H26N4O2S4/c1-11(19-9-3-5-13(19)21)25-15(23)17-7-8-18-16(24)26-12(2)20-10-4-6-14(20)22/h11-12H,3-10H2,1-2H3,(H,17,23)(H,18,24). The SMILES string of the molecule is CC(SC(=S)NCCNC(=S)SC(C)N1CCCC1=O)N1CCCC1=O. The van der Waals surface area contributed by atoms with Crippen molar-refractivity contribution in [2.75, 3.05) is 26.2 Å². The lowest BCUT2D eigenvalue weighted by Crippen LogP contribution is -2.37. The Bertz CT molecular complexity index is 512. The van der Waals surface area contributed by atoms with Crippen LogP contribution in [0.3, 0.4) is 0 Å². The van der Waals surface area contributed by atoms with Crippen molar-refractivity contribution >= 4 is 68.4 Å². The quantitative estimate of drug-likeness (QED) is 0.467. The Morgan fingerprint density at radius 2 is 1.31 bits per heavy atom. The van der Waals surface area contributed by atoms with E-state index in [4.69, 9.17) is 24.4 Å². The van der Waals surface area contributed by atoms with Gasteiger partial charge in [-0.3, -0.25) is 9.59 Å². The molecular formula is C16H26N4O2S4. The average Bonchev–Trinajstić information content (AvgIpc) is 3.19. The second-order valence-electron chi connectivity index (χ2n) is 6.24. The molecule has 26 heavy (non-hydrogen) atoms. The Morgan fingerprint density at radius 3 is 1.62 bits per heavy atom. The van der Waals surface area contributed by atoms with Gasteiger partial charge in [0.2, 0.25) is 11.8 Å².